The van der Waals surface area contributed by atoms with E-state index < -0.39 is 0 Å². The topological polar surface area (TPSA) is 49.0 Å². The number of para-hydroxylation sites is 3. The summed E-state index contributed by atoms with van der Waals surface area (Å²) in [6, 6.07) is 81.5. The molecule has 14 rings (SSSR count). The Labute approximate surface area is 405 Å². The molecule has 1 aliphatic rings. The Bertz CT molecular complexity index is 4260. The normalized spacial score (nSPS) is 13.8. The minimum atomic E-state index is -0.178. The standard InChI is InChI=1S/C66H47N3O/c1-66(2)57-31-29-43(34-51(57)52-36-54-48-25-12-14-27-60(48)68(62(54)39-58(52)66)46-22-10-5-11-23-46)44-30-32-61-53(35-44)55-37-56-49-26-13-15-28-64(49)70-65(56)40-63(55)69(61)47-24-16-21-45(33-47)50(41-17-6-3-7-18-41)38-59(67)42-19-8-4-9-20-42/h3-40,50H,67H2,1-2H3/b59-38-. The van der Waals surface area contributed by atoms with Crippen molar-refractivity contribution >= 4 is 71.2 Å². The van der Waals surface area contributed by atoms with E-state index in [1.807, 2.05) is 24.3 Å². The van der Waals surface area contributed by atoms with Crippen LogP contribution in [0.15, 0.2) is 235 Å². The summed E-state index contributed by atoms with van der Waals surface area (Å²) in [4.78, 5) is 0. The lowest BCUT2D eigenvalue weighted by atomic mass is 9.82. The summed E-state index contributed by atoms with van der Waals surface area (Å²) in [5, 5.41) is 7.14. The van der Waals surface area contributed by atoms with Crippen molar-refractivity contribution < 1.29 is 4.42 Å². The molecule has 0 spiro atoms. The zero-order valence-electron chi connectivity index (χ0n) is 38.9. The van der Waals surface area contributed by atoms with Crippen molar-refractivity contribution in [3.05, 3.63) is 258 Å². The van der Waals surface area contributed by atoms with Gasteiger partial charge in [-0.05, 0) is 129 Å². The van der Waals surface area contributed by atoms with Gasteiger partial charge in [0.15, 0.2) is 0 Å². The summed E-state index contributed by atoms with van der Waals surface area (Å²) in [6.45, 7) is 4.76. The molecule has 0 saturated heterocycles. The van der Waals surface area contributed by atoms with E-state index in [9.17, 15) is 0 Å². The molecule has 3 heterocycles. The van der Waals surface area contributed by atoms with Gasteiger partial charge >= 0.3 is 0 Å². The Morgan fingerprint density at radius 3 is 1.86 bits per heavy atom. The van der Waals surface area contributed by atoms with Crippen LogP contribution in [0.4, 0.5) is 0 Å². The molecule has 1 aliphatic carbocycles. The van der Waals surface area contributed by atoms with E-state index in [0.717, 1.165) is 55.5 Å². The fraction of sp³-hybridized carbons (Fsp3) is 0.0606. The fourth-order valence-corrected chi connectivity index (χ4v) is 11.8. The Hall–Kier alpha value is -8.86. The second-order valence-electron chi connectivity index (χ2n) is 19.5. The van der Waals surface area contributed by atoms with Crippen LogP contribution in [0.2, 0.25) is 0 Å². The molecule has 1 atom stereocenters. The number of rotatable bonds is 7. The highest BCUT2D eigenvalue weighted by Crippen LogP contribution is 2.52. The maximum absolute atomic E-state index is 6.87. The van der Waals surface area contributed by atoms with Gasteiger partial charge in [0.2, 0.25) is 0 Å². The Balaban J connectivity index is 0.948. The van der Waals surface area contributed by atoms with Crippen LogP contribution in [0, 0.1) is 0 Å². The fourth-order valence-electron chi connectivity index (χ4n) is 11.8. The smallest absolute Gasteiger partial charge is 0.137 e. The van der Waals surface area contributed by atoms with Crippen molar-refractivity contribution in [2.75, 3.05) is 0 Å². The molecule has 10 aromatic carbocycles. The first-order chi connectivity index (χ1) is 34.4. The minimum Gasteiger partial charge on any atom is -0.456 e. The van der Waals surface area contributed by atoms with E-state index in [2.05, 4.69) is 229 Å². The van der Waals surface area contributed by atoms with Crippen LogP contribution in [-0.4, -0.2) is 9.13 Å². The monoisotopic (exact) mass is 897 g/mol. The summed E-state index contributed by atoms with van der Waals surface area (Å²) in [6.07, 6.45) is 2.20. The van der Waals surface area contributed by atoms with Gasteiger partial charge in [0.1, 0.15) is 11.2 Å². The van der Waals surface area contributed by atoms with Crippen LogP contribution in [0.1, 0.15) is 47.6 Å². The van der Waals surface area contributed by atoms with Crippen molar-refractivity contribution in [2.45, 2.75) is 25.2 Å². The lowest BCUT2D eigenvalue weighted by Gasteiger charge is -2.22. The molecule has 0 bridgehead atoms. The van der Waals surface area contributed by atoms with E-state index >= 15 is 0 Å². The van der Waals surface area contributed by atoms with Crippen molar-refractivity contribution in [3.8, 4) is 33.6 Å². The van der Waals surface area contributed by atoms with E-state index in [1.54, 1.807) is 0 Å². The molecule has 0 saturated carbocycles. The molecule has 13 aromatic rings. The van der Waals surface area contributed by atoms with E-state index in [4.69, 9.17) is 10.2 Å². The van der Waals surface area contributed by atoms with Gasteiger partial charge in [0.05, 0.1) is 22.1 Å². The molecular weight excluding hydrogens is 851 g/mol. The van der Waals surface area contributed by atoms with Gasteiger partial charge in [-0.15, -0.1) is 0 Å². The van der Waals surface area contributed by atoms with Gasteiger partial charge < -0.3 is 19.3 Å². The van der Waals surface area contributed by atoms with Crippen molar-refractivity contribution in [1.29, 1.82) is 0 Å². The number of hydrogen-bond acceptors (Lipinski definition) is 2. The van der Waals surface area contributed by atoms with E-state index in [0.29, 0.717) is 0 Å². The predicted molar refractivity (Wildman–Crippen MR) is 292 cm³/mol. The first kappa shape index (κ1) is 40.2. The lowest BCUT2D eigenvalue weighted by Crippen LogP contribution is -2.15. The number of nitrogens with two attached hydrogens (primary N) is 1. The predicted octanol–water partition coefficient (Wildman–Crippen LogP) is 16.9. The van der Waals surface area contributed by atoms with E-state index in [-0.39, 0.29) is 11.3 Å². The molecule has 0 amide bonds. The highest BCUT2D eigenvalue weighted by Gasteiger charge is 2.37. The molecule has 2 N–H and O–H groups in total. The largest absolute Gasteiger partial charge is 0.456 e. The van der Waals surface area contributed by atoms with Crippen molar-refractivity contribution in [2.24, 2.45) is 5.73 Å². The average molecular weight is 898 g/mol. The molecule has 1 unspecified atom stereocenters. The van der Waals surface area contributed by atoms with Crippen LogP contribution in [0.25, 0.3) is 105 Å². The second-order valence-corrected chi connectivity index (χ2v) is 19.5. The number of nitrogens with zero attached hydrogens (tertiary/aromatic N) is 2. The lowest BCUT2D eigenvalue weighted by molar-refractivity contribution is 0.661. The number of fused-ring (bicyclic) bond motifs is 12. The molecule has 4 nitrogen and oxygen atoms in total. The van der Waals surface area contributed by atoms with Gasteiger partial charge in [0, 0.05) is 66.8 Å². The highest BCUT2D eigenvalue weighted by molar-refractivity contribution is 6.18. The summed E-state index contributed by atoms with van der Waals surface area (Å²) in [5.74, 6) is -0.0725. The summed E-state index contributed by atoms with van der Waals surface area (Å²) < 4.78 is 11.4. The Morgan fingerprint density at radius 1 is 0.429 bits per heavy atom. The SMILES string of the molecule is CC1(C)c2ccc(-c3ccc4c(c3)c3cc5c(cc3n4-c3cccc(C(/C=C(\N)c4ccccc4)c4ccccc4)c3)oc3ccccc35)cc2-c2cc3c4ccccc4n(-c4ccccc4)c3cc21. The van der Waals surface area contributed by atoms with Crippen LogP contribution in [0.3, 0.4) is 0 Å². The molecule has 70 heavy (non-hydrogen) atoms. The first-order valence-electron chi connectivity index (χ1n) is 24.2. The number of hydrogen-bond donors (Lipinski definition) is 1. The number of furan rings is 1. The molecule has 3 aromatic heterocycles. The number of aromatic nitrogens is 2. The summed E-state index contributed by atoms with van der Waals surface area (Å²) >= 11 is 0. The maximum atomic E-state index is 6.87. The third kappa shape index (κ3) is 6.09. The Kier molecular flexibility index (Phi) is 8.81. The third-order valence-corrected chi connectivity index (χ3v) is 15.2. The zero-order valence-corrected chi connectivity index (χ0v) is 38.9. The minimum absolute atomic E-state index is 0.0725. The number of benzene rings is 10. The van der Waals surface area contributed by atoms with Gasteiger partial charge in [-0.2, -0.15) is 0 Å². The van der Waals surface area contributed by atoms with Crippen LogP contribution >= 0.6 is 0 Å². The molecule has 0 aliphatic heterocycles. The third-order valence-electron chi connectivity index (χ3n) is 15.2. The number of allylic oxidation sites excluding steroid dienone is 1. The van der Waals surface area contributed by atoms with Gasteiger partial charge in [-0.3, -0.25) is 0 Å². The van der Waals surface area contributed by atoms with E-state index in [1.165, 1.54) is 77.2 Å². The van der Waals surface area contributed by atoms with Gasteiger partial charge in [-0.25, -0.2) is 0 Å². The summed E-state index contributed by atoms with van der Waals surface area (Å²) in [7, 11) is 0. The van der Waals surface area contributed by atoms with Crippen LogP contribution < -0.4 is 5.73 Å². The Morgan fingerprint density at radius 2 is 1.03 bits per heavy atom. The molecule has 0 radical (unpaired) electrons. The van der Waals surface area contributed by atoms with Crippen LogP contribution in [-0.2, 0) is 5.41 Å². The quantitative estimate of drug-likeness (QED) is 0.173. The molecular formula is C66H47N3O. The molecule has 0 fully saturated rings. The van der Waals surface area contributed by atoms with Gasteiger partial charge in [0.25, 0.3) is 0 Å². The maximum Gasteiger partial charge on any atom is 0.137 e. The van der Waals surface area contributed by atoms with Crippen LogP contribution in [0.5, 0.6) is 0 Å². The zero-order chi connectivity index (χ0) is 46.7. The average Bonchev–Trinajstić information content (AvgIpc) is 4.11. The second kappa shape index (κ2) is 15.3. The molecule has 4 heteroatoms. The molecule has 332 valence electrons. The highest BCUT2D eigenvalue weighted by atomic mass is 16.3. The van der Waals surface area contributed by atoms with Crippen molar-refractivity contribution in [1.82, 2.24) is 9.13 Å². The van der Waals surface area contributed by atoms with Gasteiger partial charge in [-0.1, -0.05) is 159 Å². The first-order valence-corrected chi connectivity index (χ1v) is 24.2. The summed E-state index contributed by atoms with van der Waals surface area (Å²) in [5.41, 5.74) is 27.2. The van der Waals surface area contributed by atoms with Crippen molar-refractivity contribution in [3.63, 3.8) is 0 Å².